The largest absolute Gasteiger partial charge is 0.376 e. The van der Waals surface area contributed by atoms with Crippen molar-refractivity contribution in [3.05, 3.63) is 16.5 Å². The summed E-state index contributed by atoms with van der Waals surface area (Å²) in [5, 5.41) is 4.56. The van der Waals surface area contributed by atoms with Gasteiger partial charge in [-0.3, -0.25) is 0 Å². The van der Waals surface area contributed by atoms with Crippen molar-refractivity contribution in [2.75, 3.05) is 38.2 Å². The SMILES string of the molecule is CN(CCC1CNCCO1)c1ccc(Cl)s1. The van der Waals surface area contributed by atoms with Gasteiger partial charge < -0.3 is 15.0 Å². The van der Waals surface area contributed by atoms with Crippen LogP contribution in [0, 0.1) is 0 Å². The smallest absolute Gasteiger partial charge is 0.0950 e. The van der Waals surface area contributed by atoms with Crippen molar-refractivity contribution in [3.8, 4) is 0 Å². The molecule has 1 saturated heterocycles. The molecule has 3 nitrogen and oxygen atoms in total. The number of hydrogen-bond acceptors (Lipinski definition) is 4. The highest BCUT2D eigenvalue weighted by atomic mass is 35.5. The molecule has 1 N–H and O–H groups in total. The van der Waals surface area contributed by atoms with Gasteiger partial charge in [0.25, 0.3) is 0 Å². The van der Waals surface area contributed by atoms with Crippen molar-refractivity contribution in [1.29, 1.82) is 0 Å². The van der Waals surface area contributed by atoms with Crippen LogP contribution in [0.3, 0.4) is 0 Å². The van der Waals surface area contributed by atoms with Crippen LogP contribution in [0.25, 0.3) is 0 Å². The van der Waals surface area contributed by atoms with Gasteiger partial charge >= 0.3 is 0 Å². The lowest BCUT2D eigenvalue weighted by Gasteiger charge is -2.26. The summed E-state index contributed by atoms with van der Waals surface area (Å²) in [4.78, 5) is 2.23. The van der Waals surface area contributed by atoms with Crippen molar-refractivity contribution in [3.63, 3.8) is 0 Å². The van der Waals surface area contributed by atoms with Gasteiger partial charge in [0.15, 0.2) is 0 Å². The van der Waals surface area contributed by atoms with Gasteiger partial charge in [-0.15, -0.1) is 11.3 Å². The second-order valence-corrected chi connectivity index (χ2v) is 5.68. The van der Waals surface area contributed by atoms with Crippen LogP contribution >= 0.6 is 22.9 Å². The molecule has 16 heavy (non-hydrogen) atoms. The Bertz CT molecular complexity index is 326. The number of halogens is 1. The quantitative estimate of drug-likeness (QED) is 0.899. The molecule has 0 saturated carbocycles. The number of thiophene rings is 1. The van der Waals surface area contributed by atoms with E-state index >= 15 is 0 Å². The number of nitrogens with zero attached hydrogens (tertiary/aromatic N) is 1. The molecule has 1 aliphatic rings. The fourth-order valence-electron chi connectivity index (χ4n) is 1.76. The third-order valence-electron chi connectivity index (χ3n) is 2.73. The lowest BCUT2D eigenvalue weighted by Crippen LogP contribution is -2.40. The van der Waals surface area contributed by atoms with E-state index in [0.717, 1.165) is 37.0 Å². The first-order chi connectivity index (χ1) is 7.75. The first-order valence-corrected chi connectivity index (χ1v) is 6.74. The molecule has 0 amide bonds. The first kappa shape index (κ1) is 12.2. The molecular formula is C11H17ClN2OS. The fourth-order valence-corrected chi connectivity index (χ4v) is 2.78. The van der Waals surface area contributed by atoms with E-state index in [0.29, 0.717) is 6.10 Å². The van der Waals surface area contributed by atoms with Gasteiger partial charge in [-0.25, -0.2) is 0 Å². The van der Waals surface area contributed by atoms with Crippen LogP contribution in [0.5, 0.6) is 0 Å². The minimum Gasteiger partial charge on any atom is -0.376 e. The van der Waals surface area contributed by atoms with Gasteiger partial charge in [0, 0.05) is 26.7 Å². The van der Waals surface area contributed by atoms with Gasteiger partial charge in [0.05, 0.1) is 22.0 Å². The number of rotatable bonds is 4. The van der Waals surface area contributed by atoms with E-state index in [-0.39, 0.29) is 0 Å². The summed E-state index contributed by atoms with van der Waals surface area (Å²) in [6.07, 6.45) is 1.41. The van der Waals surface area contributed by atoms with Crippen LogP contribution in [0.1, 0.15) is 6.42 Å². The van der Waals surface area contributed by atoms with Crippen molar-refractivity contribution in [2.24, 2.45) is 0 Å². The van der Waals surface area contributed by atoms with Gasteiger partial charge in [-0.1, -0.05) is 11.6 Å². The molecule has 5 heteroatoms. The topological polar surface area (TPSA) is 24.5 Å². The summed E-state index contributed by atoms with van der Waals surface area (Å²) in [6.45, 7) is 3.79. The van der Waals surface area contributed by atoms with Gasteiger partial charge in [-0.2, -0.15) is 0 Å². The molecule has 0 spiro atoms. The van der Waals surface area contributed by atoms with Gasteiger partial charge in [-0.05, 0) is 18.6 Å². The Morgan fingerprint density at radius 3 is 3.12 bits per heavy atom. The summed E-state index contributed by atoms with van der Waals surface area (Å²) >= 11 is 7.53. The van der Waals surface area contributed by atoms with Crippen molar-refractivity contribution in [1.82, 2.24) is 5.32 Å². The van der Waals surface area contributed by atoms with Crippen molar-refractivity contribution >= 4 is 27.9 Å². The minimum atomic E-state index is 0.353. The lowest BCUT2D eigenvalue weighted by molar-refractivity contribution is 0.0250. The Morgan fingerprint density at radius 2 is 2.50 bits per heavy atom. The zero-order chi connectivity index (χ0) is 11.4. The molecule has 0 aliphatic carbocycles. The highest BCUT2D eigenvalue weighted by molar-refractivity contribution is 7.19. The number of ether oxygens (including phenoxy) is 1. The standard InChI is InChI=1S/C11H17ClN2OS/c1-14(11-3-2-10(12)16-11)6-4-9-8-13-5-7-15-9/h2-3,9,13H,4-8H2,1H3. The molecule has 1 aromatic rings. The maximum atomic E-state index is 5.91. The summed E-state index contributed by atoms with van der Waals surface area (Å²) in [5.41, 5.74) is 0. The van der Waals surface area contributed by atoms with E-state index in [1.165, 1.54) is 5.00 Å². The summed E-state index contributed by atoms with van der Waals surface area (Å²) in [7, 11) is 2.10. The molecule has 1 atom stereocenters. The average Bonchev–Trinajstić information content (AvgIpc) is 2.74. The number of nitrogens with one attached hydrogen (secondary N) is 1. The summed E-state index contributed by atoms with van der Waals surface area (Å²) in [5.74, 6) is 0. The number of anilines is 1. The molecule has 1 unspecified atom stereocenters. The zero-order valence-corrected chi connectivity index (χ0v) is 11.0. The van der Waals surface area contributed by atoms with Crippen LogP contribution in [0.2, 0.25) is 4.34 Å². The van der Waals surface area contributed by atoms with Crippen LogP contribution in [0.4, 0.5) is 5.00 Å². The molecule has 0 aromatic carbocycles. The number of hydrogen-bond donors (Lipinski definition) is 1. The Morgan fingerprint density at radius 1 is 1.62 bits per heavy atom. The second-order valence-electron chi connectivity index (χ2n) is 3.98. The zero-order valence-electron chi connectivity index (χ0n) is 9.41. The molecule has 1 aliphatic heterocycles. The maximum Gasteiger partial charge on any atom is 0.0950 e. The fraction of sp³-hybridized carbons (Fsp3) is 0.636. The third kappa shape index (κ3) is 3.35. The van der Waals surface area contributed by atoms with E-state index in [1.807, 2.05) is 6.07 Å². The van der Waals surface area contributed by atoms with Crippen molar-refractivity contribution in [2.45, 2.75) is 12.5 Å². The minimum absolute atomic E-state index is 0.353. The van der Waals surface area contributed by atoms with Gasteiger partial charge in [0.1, 0.15) is 0 Å². The van der Waals surface area contributed by atoms with E-state index in [1.54, 1.807) is 11.3 Å². The van der Waals surface area contributed by atoms with Crippen LogP contribution < -0.4 is 10.2 Å². The molecule has 90 valence electrons. The van der Waals surface area contributed by atoms with Crippen molar-refractivity contribution < 1.29 is 4.74 Å². The van der Waals surface area contributed by atoms with Crippen LogP contribution in [0.15, 0.2) is 12.1 Å². The van der Waals surface area contributed by atoms with Crippen LogP contribution in [-0.4, -0.2) is 39.4 Å². The Kier molecular flexibility index (Phi) is 4.46. The Hall–Kier alpha value is -0.290. The average molecular weight is 261 g/mol. The molecule has 1 fully saturated rings. The number of morpholine rings is 1. The van der Waals surface area contributed by atoms with E-state index < -0.39 is 0 Å². The molecular weight excluding hydrogens is 244 g/mol. The Balaban J connectivity index is 1.76. The maximum absolute atomic E-state index is 5.91. The van der Waals surface area contributed by atoms with E-state index in [4.69, 9.17) is 16.3 Å². The van der Waals surface area contributed by atoms with Crippen LogP contribution in [-0.2, 0) is 4.74 Å². The molecule has 2 rings (SSSR count). The monoisotopic (exact) mass is 260 g/mol. The normalized spacial score (nSPS) is 21.0. The predicted octanol–water partition coefficient (Wildman–Crippen LogP) is 2.22. The van der Waals surface area contributed by atoms with E-state index in [2.05, 4.69) is 23.3 Å². The lowest BCUT2D eigenvalue weighted by atomic mass is 10.2. The highest BCUT2D eigenvalue weighted by Gasteiger charge is 2.14. The summed E-state index contributed by atoms with van der Waals surface area (Å²) < 4.78 is 6.50. The molecule has 0 bridgehead atoms. The Labute approximate surface area is 105 Å². The van der Waals surface area contributed by atoms with Gasteiger partial charge in [0.2, 0.25) is 0 Å². The molecule has 0 radical (unpaired) electrons. The first-order valence-electron chi connectivity index (χ1n) is 5.54. The highest BCUT2D eigenvalue weighted by Crippen LogP contribution is 2.28. The predicted molar refractivity (Wildman–Crippen MR) is 69.8 cm³/mol. The second kappa shape index (κ2) is 5.87. The summed E-state index contributed by atoms with van der Waals surface area (Å²) in [6, 6.07) is 4.00. The van der Waals surface area contributed by atoms with E-state index in [9.17, 15) is 0 Å². The third-order valence-corrected chi connectivity index (χ3v) is 4.07. The molecule has 2 heterocycles. The molecule has 1 aromatic heterocycles.